The Morgan fingerprint density at radius 1 is 1.35 bits per heavy atom. The highest BCUT2D eigenvalue weighted by Gasteiger charge is 2.36. The fourth-order valence-electron chi connectivity index (χ4n) is 1.03. The molecule has 9 heteroatoms. The van der Waals surface area contributed by atoms with Gasteiger partial charge in [-0.05, 0) is 22.6 Å². The predicted molar refractivity (Wildman–Crippen MR) is 55.1 cm³/mol. The fourth-order valence-corrected chi connectivity index (χ4v) is 1.65. The Kier molecular flexibility index (Phi) is 4.33. The number of methoxy groups -OCH3 is 1. The van der Waals surface area contributed by atoms with Crippen LogP contribution in [0, 0.1) is 3.57 Å². The summed E-state index contributed by atoms with van der Waals surface area (Å²) in [5, 5.41) is 0. The molecule has 17 heavy (non-hydrogen) atoms. The molecule has 3 nitrogen and oxygen atoms in total. The van der Waals surface area contributed by atoms with Crippen LogP contribution in [0.15, 0.2) is 6.20 Å². The second kappa shape index (κ2) is 5.19. The van der Waals surface area contributed by atoms with Crippen molar-refractivity contribution in [2.24, 2.45) is 0 Å². The summed E-state index contributed by atoms with van der Waals surface area (Å²) < 4.78 is 69.4. The van der Waals surface area contributed by atoms with E-state index in [1.54, 1.807) is 0 Å². The maximum absolute atomic E-state index is 12.6. The van der Waals surface area contributed by atoms with Gasteiger partial charge in [0.2, 0.25) is 5.75 Å². The summed E-state index contributed by atoms with van der Waals surface area (Å²) in [4.78, 5) is 3.44. The van der Waals surface area contributed by atoms with Crippen LogP contribution in [-0.2, 0) is 0 Å². The number of rotatable bonds is 3. The van der Waals surface area contributed by atoms with Crippen LogP contribution in [0.5, 0.6) is 11.6 Å². The van der Waals surface area contributed by atoms with E-state index in [0.29, 0.717) is 0 Å². The van der Waals surface area contributed by atoms with E-state index in [1.165, 1.54) is 22.6 Å². The summed E-state index contributed by atoms with van der Waals surface area (Å²) in [6.45, 7) is 0. The highest BCUT2D eigenvalue weighted by atomic mass is 127. The van der Waals surface area contributed by atoms with Crippen LogP contribution >= 0.6 is 22.6 Å². The van der Waals surface area contributed by atoms with Gasteiger partial charge in [0.25, 0.3) is 12.3 Å². The molecule has 0 unspecified atom stereocenters. The summed E-state index contributed by atoms with van der Waals surface area (Å²) in [5.41, 5.74) is -0.894. The van der Waals surface area contributed by atoms with Gasteiger partial charge in [-0.2, -0.15) is 0 Å². The molecule has 1 rings (SSSR count). The quantitative estimate of drug-likeness (QED) is 0.604. The zero-order valence-electron chi connectivity index (χ0n) is 8.19. The molecule has 0 fully saturated rings. The maximum atomic E-state index is 12.6. The minimum Gasteiger partial charge on any atom is -0.478 e. The number of aromatic nitrogens is 1. The van der Waals surface area contributed by atoms with Crippen molar-refractivity contribution in [1.82, 2.24) is 4.98 Å². The third-order valence-electron chi connectivity index (χ3n) is 1.62. The molecule has 1 heterocycles. The Labute approximate surface area is 106 Å². The molecular formula is C8H5F5INO2. The van der Waals surface area contributed by atoms with E-state index in [9.17, 15) is 22.0 Å². The molecule has 1 aromatic heterocycles. The van der Waals surface area contributed by atoms with Gasteiger partial charge < -0.3 is 9.47 Å². The second-order valence-electron chi connectivity index (χ2n) is 2.71. The molecule has 96 valence electrons. The van der Waals surface area contributed by atoms with Gasteiger partial charge in [-0.25, -0.2) is 13.8 Å². The van der Waals surface area contributed by atoms with Crippen LogP contribution in [0.1, 0.15) is 12.0 Å². The lowest BCUT2D eigenvalue weighted by atomic mass is 10.2. The van der Waals surface area contributed by atoms with Crippen molar-refractivity contribution in [2.45, 2.75) is 12.8 Å². The summed E-state index contributed by atoms with van der Waals surface area (Å²) in [7, 11) is 1.01. The van der Waals surface area contributed by atoms with E-state index in [0.717, 1.165) is 13.3 Å². The van der Waals surface area contributed by atoms with Crippen molar-refractivity contribution in [1.29, 1.82) is 0 Å². The molecule has 1 aromatic rings. The van der Waals surface area contributed by atoms with Crippen molar-refractivity contribution in [2.75, 3.05) is 7.11 Å². The summed E-state index contributed by atoms with van der Waals surface area (Å²) in [5.74, 6) is -1.75. The molecular weight excluding hydrogens is 364 g/mol. The Morgan fingerprint density at radius 2 is 1.94 bits per heavy atom. The first kappa shape index (κ1) is 14.2. The molecule has 0 aliphatic rings. The minimum absolute atomic E-state index is 0.141. The van der Waals surface area contributed by atoms with E-state index in [1.807, 2.05) is 0 Å². The molecule has 0 bridgehead atoms. The molecule has 0 radical (unpaired) electrons. The highest BCUT2D eigenvalue weighted by molar-refractivity contribution is 14.1. The van der Waals surface area contributed by atoms with Crippen molar-refractivity contribution in [3.63, 3.8) is 0 Å². The molecule has 0 saturated carbocycles. The van der Waals surface area contributed by atoms with E-state index in [2.05, 4.69) is 14.5 Å². The van der Waals surface area contributed by atoms with Crippen molar-refractivity contribution in [3.05, 3.63) is 15.3 Å². The van der Waals surface area contributed by atoms with Crippen LogP contribution < -0.4 is 9.47 Å². The molecule has 0 N–H and O–H groups in total. The largest absolute Gasteiger partial charge is 0.573 e. The average Bonchev–Trinajstić information content (AvgIpc) is 2.15. The Balaban J connectivity index is 3.35. The second-order valence-corrected chi connectivity index (χ2v) is 3.87. The molecule has 0 amide bonds. The number of ether oxygens (including phenoxy) is 2. The molecule has 0 saturated heterocycles. The summed E-state index contributed by atoms with van der Waals surface area (Å²) >= 11 is 1.44. The summed E-state index contributed by atoms with van der Waals surface area (Å²) in [6, 6.07) is 0. The van der Waals surface area contributed by atoms with Crippen molar-refractivity contribution >= 4 is 22.6 Å². The van der Waals surface area contributed by atoms with Gasteiger partial charge in [-0.3, -0.25) is 0 Å². The standard InChI is InChI=1S/C8H5F5INO2/c1-16-7-5(17-8(11,12)13)4(6(9)10)3(14)2-15-7/h2,6H,1H3. The van der Waals surface area contributed by atoms with E-state index in [4.69, 9.17) is 0 Å². The lowest BCUT2D eigenvalue weighted by molar-refractivity contribution is -0.275. The SMILES string of the molecule is COc1ncc(I)c(C(F)F)c1OC(F)(F)F. The molecule has 0 spiro atoms. The molecule has 0 aliphatic carbocycles. The lowest BCUT2D eigenvalue weighted by Gasteiger charge is -2.16. The van der Waals surface area contributed by atoms with E-state index >= 15 is 0 Å². The van der Waals surface area contributed by atoms with Gasteiger partial charge in [0, 0.05) is 9.77 Å². The van der Waals surface area contributed by atoms with E-state index in [-0.39, 0.29) is 3.57 Å². The van der Waals surface area contributed by atoms with Crippen LogP contribution in [-0.4, -0.2) is 18.5 Å². The fraction of sp³-hybridized carbons (Fsp3) is 0.375. The van der Waals surface area contributed by atoms with Gasteiger partial charge in [0.15, 0.2) is 0 Å². The molecule has 0 aliphatic heterocycles. The van der Waals surface area contributed by atoms with Gasteiger partial charge in [-0.15, -0.1) is 13.2 Å². The smallest absolute Gasteiger partial charge is 0.478 e. The van der Waals surface area contributed by atoms with Crippen molar-refractivity contribution in [3.8, 4) is 11.6 Å². The lowest BCUT2D eigenvalue weighted by Crippen LogP contribution is -2.19. The number of halogens is 6. The first-order chi connectivity index (χ1) is 7.76. The van der Waals surface area contributed by atoms with Crippen LogP contribution in [0.3, 0.4) is 0 Å². The van der Waals surface area contributed by atoms with Crippen molar-refractivity contribution < 1.29 is 31.4 Å². The first-order valence-electron chi connectivity index (χ1n) is 4.02. The third-order valence-corrected chi connectivity index (χ3v) is 2.48. The van der Waals surface area contributed by atoms with Gasteiger partial charge in [0.1, 0.15) is 0 Å². The Hall–Kier alpha value is -0.870. The van der Waals surface area contributed by atoms with Crippen LogP contribution in [0.25, 0.3) is 0 Å². The number of pyridine rings is 1. The van der Waals surface area contributed by atoms with Gasteiger partial charge >= 0.3 is 6.36 Å². The monoisotopic (exact) mass is 369 g/mol. The van der Waals surface area contributed by atoms with Gasteiger partial charge in [-0.1, -0.05) is 0 Å². The summed E-state index contributed by atoms with van der Waals surface area (Å²) in [6.07, 6.45) is -7.25. The average molecular weight is 369 g/mol. The Bertz CT molecular complexity index is 410. The molecule has 0 atom stereocenters. The minimum atomic E-state index is -5.09. The molecule has 0 aromatic carbocycles. The van der Waals surface area contributed by atoms with E-state index < -0.39 is 30.0 Å². The topological polar surface area (TPSA) is 31.4 Å². The maximum Gasteiger partial charge on any atom is 0.573 e. The highest BCUT2D eigenvalue weighted by Crippen LogP contribution is 2.40. The zero-order chi connectivity index (χ0) is 13.2. The number of nitrogens with zero attached hydrogens (tertiary/aromatic N) is 1. The normalized spacial score (nSPS) is 11.8. The number of alkyl halides is 5. The number of hydrogen-bond acceptors (Lipinski definition) is 3. The van der Waals surface area contributed by atoms with Gasteiger partial charge in [0.05, 0.1) is 12.7 Å². The first-order valence-corrected chi connectivity index (χ1v) is 5.10. The third kappa shape index (κ3) is 3.54. The zero-order valence-corrected chi connectivity index (χ0v) is 10.3. The predicted octanol–water partition coefficient (Wildman–Crippen LogP) is 3.53. The van der Waals surface area contributed by atoms with Crippen LogP contribution in [0.4, 0.5) is 22.0 Å². The Morgan fingerprint density at radius 3 is 2.35 bits per heavy atom. The van der Waals surface area contributed by atoms with Crippen LogP contribution in [0.2, 0.25) is 0 Å². The number of hydrogen-bond donors (Lipinski definition) is 0.